The van der Waals surface area contributed by atoms with Crippen LogP contribution < -0.4 is 5.32 Å². The summed E-state index contributed by atoms with van der Waals surface area (Å²) < 4.78 is 5.50. The number of carbonyl (C=O) groups is 1. The van der Waals surface area contributed by atoms with Gasteiger partial charge >= 0.3 is 0 Å². The SMILES string of the molecule is O=C(CC[C@H]1CCCO1)NC[C@H]1CCCS1. The normalized spacial score (nSPS) is 29.5. The summed E-state index contributed by atoms with van der Waals surface area (Å²) >= 11 is 1.99. The lowest BCUT2D eigenvalue weighted by atomic mass is 10.1. The van der Waals surface area contributed by atoms with Crippen molar-refractivity contribution >= 4 is 17.7 Å². The monoisotopic (exact) mass is 243 g/mol. The Morgan fingerprint density at radius 3 is 3.00 bits per heavy atom. The summed E-state index contributed by atoms with van der Waals surface area (Å²) in [4.78, 5) is 11.6. The fourth-order valence-electron chi connectivity index (χ4n) is 2.29. The van der Waals surface area contributed by atoms with E-state index in [9.17, 15) is 4.79 Å². The Kier molecular flexibility index (Phi) is 4.97. The van der Waals surface area contributed by atoms with Gasteiger partial charge in [0.25, 0.3) is 0 Å². The molecule has 2 rings (SSSR count). The number of nitrogens with one attached hydrogen (secondary N) is 1. The molecule has 0 spiro atoms. The van der Waals surface area contributed by atoms with Crippen LogP contribution in [0.25, 0.3) is 0 Å². The van der Waals surface area contributed by atoms with Crippen LogP contribution in [-0.2, 0) is 9.53 Å². The van der Waals surface area contributed by atoms with Crippen molar-refractivity contribution < 1.29 is 9.53 Å². The summed E-state index contributed by atoms with van der Waals surface area (Å²) in [6.07, 6.45) is 6.71. The molecule has 1 N–H and O–H groups in total. The maximum atomic E-state index is 11.6. The zero-order valence-electron chi connectivity index (χ0n) is 9.74. The summed E-state index contributed by atoms with van der Waals surface area (Å²) in [6, 6.07) is 0. The van der Waals surface area contributed by atoms with E-state index in [-0.39, 0.29) is 5.91 Å². The Labute approximate surface area is 102 Å². The van der Waals surface area contributed by atoms with Gasteiger partial charge in [0.15, 0.2) is 0 Å². The van der Waals surface area contributed by atoms with Gasteiger partial charge in [0.05, 0.1) is 6.10 Å². The Morgan fingerprint density at radius 2 is 2.31 bits per heavy atom. The molecule has 92 valence electrons. The van der Waals surface area contributed by atoms with Crippen LogP contribution in [0.4, 0.5) is 0 Å². The summed E-state index contributed by atoms with van der Waals surface area (Å²) in [7, 11) is 0. The van der Waals surface area contributed by atoms with Crippen molar-refractivity contribution in [3.05, 3.63) is 0 Å². The van der Waals surface area contributed by atoms with Gasteiger partial charge < -0.3 is 10.1 Å². The van der Waals surface area contributed by atoms with E-state index in [1.807, 2.05) is 11.8 Å². The first-order valence-corrected chi connectivity index (χ1v) is 7.39. The van der Waals surface area contributed by atoms with Gasteiger partial charge in [-0.15, -0.1) is 0 Å². The van der Waals surface area contributed by atoms with E-state index in [4.69, 9.17) is 4.74 Å². The first kappa shape index (κ1) is 12.2. The van der Waals surface area contributed by atoms with Gasteiger partial charge in [-0.1, -0.05) is 0 Å². The topological polar surface area (TPSA) is 38.3 Å². The molecular weight excluding hydrogens is 222 g/mol. The second kappa shape index (κ2) is 6.50. The molecule has 0 radical (unpaired) electrons. The van der Waals surface area contributed by atoms with Gasteiger partial charge in [-0.25, -0.2) is 0 Å². The average molecular weight is 243 g/mol. The maximum absolute atomic E-state index is 11.6. The minimum absolute atomic E-state index is 0.197. The van der Waals surface area contributed by atoms with E-state index >= 15 is 0 Å². The molecule has 0 aromatic carbocycles. The lowest BCUT2D eigenvalue weighted by Gasteiger charge is -2.11. The second-order valence-corrected chi connectivity index (χ2v) is 6.02. The zero-order chi connectivity index (χ0) is 11.2. The average Bonchev–Trinajstić information content (AvgIpc) is 2.96. The highest BCUT2D eigenvalue weighted by atomic mass is 32.2. The quantitative estimate of drug-likeness (QED) is 0.802. The number of hydrogen-bond acceptors (Lipinski definition) is 3. The molecule has 2 heterocycles. The predicted molar refractivity (Wildman–Crippen MR) is 66.7 cm³/mol. The van der Waals surface area contributed by atoms with Gasteiger partial charge in [0.2, 0.25) is 5.91 Å². The molecule has 4 heteroatoms. The second-order valence-electron chi connectivity index (χ2n) is 4.61. The fourth-order valence-corrected chi connectivity index (χ4v) is 3.49. The molecule has 0 aliphatic carbocycles. The van der Waals surface area contributed by atoms with Crippen molar-refractivity contribution in [3.63, 3.8) is 0 Å². The van der Waals surface area contributed by atoms with Crippen molar-refractivity contribution in [2.24, 2.45) is 0 Å². The zero-order valence-corrected chi connectivity index (χ0v) is 10.6. The Hall–Kier alpha value is -0.220. The van der Waals surface area contributed by atoms with Crippen LogP contribution in [0, 0.1) is 0 Å². The standard InChI is InChI=1S/C12H21NO2S/c14-12(6-5-10-3-1-7-15-10)13-9-11-4-2-8-16-11/h10-11H,1-9H2,(H,13,14)/t10-,11-/m1/s1. The minimum atomic E-state index is 0.197. The van der Waals surface area contributed by atoms with Crippen molar-refractivity contribution in [1.29, 1.82) is 0 Å². The van der Waals surface area contributed by atoms with Gasteiger partial charge in [0.1, 0.15) is 0 Å². The molecule has 1 amide bonds. The number of carbonyl (C=O) groups excluding carboxylic acids is 1. The number of rotatable bonds is 5. The molecule has 0 bridgehead atoms. The number of ether oxygens (including phenoxy) is 1. The van der Waals surface area contributed by atoms with Crippen LogP contribution in [-0.4, -0.2) is 36.2 Å². The molecule has 3 nitrogen and oxygen atoms in total. The minimum Gasteiger partial charge on any atom is -0.378 e. The summed E-state index contributed by atoms with van der Waals surface area (Å²) in [5.74, 6) is 1.46. The summed E-state index contributed by atoms with van der Waals surface area (Å²) in [5, 5.41) is 3.69. The third-order valence-corrected chi connectivity index (χ3v) is 4.67. The van der Waals surface area contributed by atoms with Crippen LogP contribution in [0.2, 0.25) is 0 Å². The predicted octanol–water partition coefficient (Wildman–Crippen LogP) is 1.96. The highest BCUT2D eigenvalue weighted by molar-refractivity contribution is 8.00. The van der Waals surface area contributed by atoms with E-state index in [1.54, 1.807) is 0 Å². The van der Waals surface area contributed by atoms with E-state index in [2.05, 4.69) is 5.32 Å². The molecule has 0 unspecified atom stereocenters. The van der Waals surface area contributed by atoms with Gasteiger partial charge in [-0.05, 0) is 37.9 Å². The van der Waals surface area contributed by atoms with E-state index in [0.717, 1.165) is 32.4 Å². The molecular formula is C12H21NO2S. The molecule has 2 aliphatic heterocycles. The lowest BCUT2D eigenvalue weighted by molar-refractivity contribution is -0.121. The van der Waals surface area contributed by atoms with Gasteiger partial charge in [-0.2, -0.15) is 11.8 Å². The first-order chi connectivity index (χ1) is 7.84. The summed E-state index contributed by atoms with van der Waals surface area (Å²) in [5.41, 5.74) is 0. The van der Waals surface area contributed by atoms with Crippen molar-refractivity contribution in [3.8, 4) is 0 Å². The number of hydrogen-bond donors (Lipinski definition) is 1. The van der Waals surface area contributed by atoms with E-state index in [0.29, 0.717) is 17.8 Å². The van der Waals surface area contributed by atoms with Crippen molar-refractivity contribution in [1.82, 2.24) is 5.32 Å². The van der Waals surface area contributed by atoms with Gasteiger partial charge in [0, 0.05) is 24.8 Å². The Balaban J connectivity index is 1.53. The molecule has 2 saturated heterocycles. The van der Waals surface area contributed by atoms with Gasteiger partial charge in [-0.3, -0.25) is 4.79 Å². The highest BCUT2D eigenvalue weighted by Crippen LogP contribution is 2.25. The molecule has 2 aliphatic rings. The van der Waals surface area contributed by atoms with E-state index < -0.39 is 0 Å². The van der Waals surface area contributed by atoms with E-state index in [1.165, 1.54) is 18.6 Å². The highest BCUT2D eigenvalue weighted by Gasteiger charge is 2.18. The van der Waals surface area contributed by atoms with Crippen LogP contribution in [0.15, 0.2) is 0 Å². The largest absolute Gasteiger partial charge is 0.378 e. The number of thioether (sulfide) groups is 1. The first-order valence-electron chi connectivity index (χ1n) is 6.34. The van der Waals surface area contributed by atoms with Crippen LogP contribution in [0.1, 0.15) is 38.5 Å². The molecule has 2 atom stereocenters. The van der Waals surface area contributed by atoms with Crippen LogP contribution >= 0.6 is 11.8 Å². The molecule has 2 fully saturated rings. The fraction of sp³-hybridized carbons (Fsp3) is 0.917. The molecule has 0 aromatic rings. The Morgan fingerprint density at radius 1 is 1.38 bits per heavy atom. The van der Waals surface area contributed by atoms with Crippen molar-refractivity contribution in [2.45, 2.75) is 49.9 Å². The van der Waals surface area contributed by atoms with Crippen LogP contribution in [0.3, 0.4) is 0 Å². The number of amides is 1. The Bertz CT molecular complexity index is 201. The third kappa shape index (κ3) is 3.98. The molecule has 16 heavy (non-hydrogen) atoms. The molecule has 0 aromatic heterocycles. The van der Waals surface area contributed by atoms with Crippen LogP contribution in [0.5, 0.6) is 0 Å². The smallest absolute Gasteiger partial charge is 0.220 e. The maximum Gasteiger partial charge on any atom is 0.220 e. The molecule has 0 saturated carbocycles. The third-order valence-electron chi connectivity index (χ3n) is 3.27. The van der Waals surface area contributed by atoms with Crippen molar-refractivity contribution in [2.75, 3.05) is 18.9 Å². The lowest BCUT2D eigenvalue weighted by Crippen LogP contribution is -2.30. The summed E-state index contributed by atoms with van der Waals surface area (Å²) in [6.45, 7) is 1.74.